The molecule has 0 radical (unpaired) electrons. The molecule has 120 valence electrons. The average molecular weight is 316 g/mol. The lowest BCUT2D eigenvalue weighted by Gasteiger charge is -2.26. The maximum absolute atomic E-state index is 12.3. The van der Waals surface area contributed by atoms with Crippen molar-refractivity contribution in [3.63, 3.8) is 0 Å². The Bertz CT molecular complexity index is 705. The standard InChI is InChI=1S/C15H16N4O4/c20-14(21)9-12-10-19(17-16-12)13-3-1-11(2-4-13)15(22)18-5-7-23-8-6-18/h1-4,10H,5-9H2,(H,20,21). The molecule has 0 saturated carbocycles. The third kappa shape index (κ3) is 3.54. The lowest BCUT2D eigenvalue weighted by molar-refractivity contribution is -0.136. The van der Waals surface area contributed by atoms with Crippen molar-refractivity contribution in [1.82, 2.24) is 19.9 Å². The fraction of sp³-hybridized carbons (Fsp3) is 0.333. The number of carboxylic acid groups (broad SMARTS) is 1. The van der Waals surface area contributed by atoms with Crippen LogP contribution in [-0.2, 0) is 16.0 Å². The van der Waals surface area contributed by atoms with Crippen molar-refractivity contribution in [2.75, 3.05) is 26.3 Å². The predicted molar refractivity (Wildman–Crippen MR) is 79.4 cm³/mol. The van der Waals surface area contributed by atoms with E-state index in [-0.39, 0.29) is 12.3 Å². The molecule has 8 nitrogen and oxygen atoms in total. The molecular weight excluding hydrogens is 300 g/mol. The van der Waals surface area contributed by atoms with Gasteiger partial charge in [-0.05, 0) is 24.3 Å². The SMILES string of the molecule is O=C(O)Cc1cn(-c2ccc(C(=O)N3CCOCC3)cc2)nn1. The number of aliphatic carboxylic acids is 1. The number of ether oxygens (including phenoxy) is 1. The molecule has 2 aromatic rings. The molecule has 0 atom stereocenters. The maximum Gasteiger partial charge on any atom is 0.309 e. The number of rotatable bonds is 4. The Hall–Kier alpha value is -2.74. The van der Waals surface area contributed by atoms with Gasteiger partial charge in [0.1, 0.15) is 0 Å². The third-order valence-corrected chi connectivity index (χ3v) is 3.55. The Morgan fingerprint density at radius 1 is 1.17 bits per heavy atom. The largest absolute Gasteiger partial charge is 0.481 e. The van der Waals surface area contributed by atoms with Crippen LogP contribution in [0.5, 0.6) is 0 Å². The summed E-state index contributed by atoms with van der Waals surface area (Å²) < 4.78 is 6.73. The molecule has 1 aliphatic rings. The van der Waals surface area contributed by atoms with E-state index in [9.17, 15) is 9.59 Å². The number of benzene rings is 1. The van der Waals surface area contributed by atoms with Gasteiger partial charge in [0.25, 0.3) is 5.91 Å². The van der Waals surface area contributed by atoms with Crippen molar-refractivity contribution in [1.29, 1.82) is 0 Å². The molecular formula is C15H16N4O4. The maximum atomic E-state index is 12.3. The van der Waals surface area contributed by atoms with E-state index in [1.54, 1.807) is 35.4 Å². The lowest BCUT2D eigenvalue weighted by Crippen LogP contribution is -2.40. The third-order valence-electron chi connectivity index (χ3n) is 3.55. The summed E-state index contributed by atoms with van der Waals surface area (Å²) in [6, 6.07) is 6.97. The summed E-state index contributed by atoms with van der Waals surface area (Å²) in [4.78, 5) is 24.8. The number of hydrogen-bond acceptors (Lipinski definition) is 5. The minimum atomic E-state index is -0.955. The highest BCUT2D eigenvalue weighted by atomic mass is 16.5. The molecule has 1 fully saturated rings. The molecule has 0 bridgehead atoms. The summed E-state index contributed by atoms with van der Waals surface area (Å²) in [5.41, 5.74) is 1.69. The van der Waals surface area contributed by atoms with Crippen LogP contribution < -0.4 is 0 Å². The highest BCUT2D eigenvalue weighted by Crippen LogP contribution is 2.12. The molecule has 1 N–H and O–H groups in total. The van der Waals surface area contributed by atoms with Gasteiger partial charge in [0.05, 0.1) is 37.2 Å². The Morgan fingerprint density at radius 2 is 1.87 bits per heavy atom. The molecule has 1 aliphatic heterocycles. The first-order chi connectivity index (χ1) is 11.1. The van der Waals surface area contributed by atoms with Crippen molar-refractivity contribution in [2.45, 2.75) is 6.42 Å². The summed E-state index contributed by atoms with van der Waals surface area (Å²) in [6.07, 6.45) is 1.39. The Balaban J connectivity index is 1.72. The van der Waals surface area contributed by atoms with Crippen molar-refractivity contribution in [3.05, 3.63) is 41.7 Å². The fourth-order valence-electron chi connectivity index (χ4n) is 2.37. The van der Waals surface area contributed by atoms with Crippen LogP contribution in [0.3, 0.4) is 0 Å². The zero-order valence-corrected chi connectivity index (χ0v) is 12.4. The van der Waals surface area contributed by atoms with Crippen LogP contribution in [0.4, 0.5) is 0 Å². The number of carbonyl (C=O) groups excluding carboxylic acids is 1. The highest BCUT2D eigenvalue weighted by Gasteiger charge is 2.18. The molecule has 1 aromatic heterocycles. The lowest BCUT2D eigenvalue weighted by atomic mass is 10.1. The van der Waals surface area contributed by atoms with Crippen LogP contribution in [0.1, 0.15) is 16.1 Å². The number of carboxylic acids is 1. The first-order valence-corrected chi connectivity index (χ1v) is 7.24. The monoisotopic (exact) mass is 316 g/mol. The van der Waals surface area contributed by atoms with Crippen LogP contribution >= 0.6 is 0 Å². The Labute approximate surface area is 132 Å². The summed E-state index contributed by atoms with van der Waals surface area (Å²) in [6.45, 7) is 2.33. The minimum Gasteiger partial charge on any atom is -0.481 e. The topological polar surface area (TPSA) is 97.5 Å². The van der Waals surface area contributed by atoms with Crippen LogP contribution in [-0.4, -0.2) is 63.2 Å². The number of amides is 1. The summed E-state index contributed by atoms with van der Waals surface area (Å²) in [7, 11) is 0. The molecule has 8 heteroatoms. The van der Waals surface area contributed by atoms with Gasteiger partial charge >= 0.3 is 5.97 Å². The first kappa shape index (κ1) is 15.2. The van der Waals surface area contributed by atoms with Gasteiger partial charge in [-0.3, -0.25) is 9.59 Å². The molecule has 0 unspecified atom stereocenters. The number of hydrogen-bond donors (Lipinski definition) is 1. The zero-order valence-electron chi connectivity index (χ0n) is 12.4. The van der Waals surface area contributed by atoms with Gasteiger partial charge in [-0.2, -0.15) is 0 Å². The van der Waals surface area contributed by atoms with Gasteiger partial charge in [0.15, 0.2) is 0 Å². The number of carbonyl (C=O) groups is 2. The van der Waals surface area contributed by atoms with Crippen LogP contribution in [0.25, 0.3) is 5.69 Å². The first-order valence-electron chi connectivity index (χ1n) is 7.24. The smallest absolute Gasteiger partial charge is 0.309 e. The second kappa shape index (κ2) is 6.57. The fourth-order valence-corrected chi connectivity index (χ4v) is 2.37. The molecule has 3 rings (SSSR count). The van der Waals surface area contributed by atoms with E-state index in [2.05, 4.69) is 10.3 Å². The normalized spacial score (nSPS) is 14.7. The van der Waals surface area contributed by atoms with Gasteiger partial charge in [-0.25, -0.2) is 4.68 Å². The molecule has 0 aliphatic carbocycles. The molecule has 1 amide bonds. The van der Waals surface area contributed by atoms with Crippen LogP contribution in [0.15, 0.2) is 30.5 Å². The Kier molecular flexibility index (Phi) is 4.33. The molecule has 1 saturated heterocycles. The van der Waals surface area contributed by atoms with Crippen molar-refractivity contribution >= 4 is 11.9 Å². The molecule has 0 spiro atoms. The van der Waals surface area contributed by atoms with Gasteiger partial charge in [0, 0.05) is 18.7 Å². The summed E-state index contributed by atoms with van der Waals surface area (Å²) in [5, 5.41) is 16.4. The molecule has 1 aromatic carbocycles. The number of nitrogens with zero attached hydrogens (tertiary/aromatic N) is 4. The summed E-state index contributed by atoms with van der Waals surface area (Å²) in [5.74, 6) is -0.978. The predicted octanol–water partition coefficient (Wildman–Crippen LogP) is 0.367. The minimum absolute atomic E-state index is 0.0231. The van der Waals surface area contributed by atoms with Crippen LogP contribution in [0, 0.1) is 0 Å². The zero-order chi connectivity index (χ0) is 16.2. The van der Waals surface area contributed by atoms with Gasteiger partial charge in [-0.1, -0.05) is 5.21 Å². The van der Waals surface area contributed by atoms with Crippen molar-refractivity contribution in [2.24, 2.45) is 0 Å². The molecule has 23 heavy (non-hydrogen) atoms. The number of aromatic nitrogens is 3. The van der Waals surface area contributed by atoms with E-state index in [4.69, 9.17) is 9.84 Å². The highest BCUT2D eigenvalue weighted by molar-refractivity contribution is 5.94. The van der Waals surface area contributed by atoms with Crippen molar-refractivity contribution in [3.8, 4) is 5.69 Å². The number of morpholine rings is 1. The van der Waals surface area contributed by atoms with Crippen molar-refractivity contribution < 1.29 is 19.4 Å². The second-order valence-corrected chi connectivity index (χ2v) is 5.18. The van der Waals surface area contributed by atoms with Gasteiger partial charge < -0.3 is 14.7 Å². The van der Waals surface area contributed by atoms with E-state index in [1.807, 2.05) is 0 Å². The van der Waals surface area contributed by atoms with E-state index < -0.39 is 5.97 Å². The van der Waals surface area contributed by atoms with E-state index in [0.29, 0.717) is 43.2 Å². The van der Waals surface area contributed by atoms with Gasteiger partial charge in [0.2, 0.25) is 0 Å². The average Bonchev–Trinajstić information content (AvgIpc) is 3.03. The quantitative estimate of drug-likeness (QED) is 0.875. The van der Waals surface area contributed by atoms with E-state index in [1.165, 1.54) is 4.68 Å². The Morgan fingerprint density at radius 3 is 2.52 bits per heavy atom. The van der Waals surface area contributed by atoms with Gasteiger partial charge in [-0.15, -0.1) is 5.10 Å². The molecule has 2 heterocycles. The van der Waals surface area contributed by atoms with E-state index >= 15 is 0 Å². The van der Waals surface area contributed by atoms with Crippen LogP contribution in [0.2, 0.25) is 0 Å². The second-order valence-electron chi connectivity index (χ2n) is 5.18. The summed E-state index contributed by atoms with van der Waals surface area (Å²) >= 11 is 0. The van der Waals surface area contributed by atoms with E-state index in [0.717, 1.165) is 0 Å².